The van der Waals surface area contributed by atoms with E-state index in [0.29, 0.717) is 5.92 Å². The Morgan fingerprint density at radius 3 is 2.44 bits per heavy atom. The molecule has 0 spiro atoms. The van der Waals surface area contributed by atoms with E-state index in [2.05, 4.69) is 27.4 Å². The molecule has 25 heavy (non-hydrogen) atoms. The first-order valence-electron chi connectivity index (χ1n) is 9.49. The third-order valence-corrected chi connectivity index (χ3v) is 5.25. The van der Waals surface area contributed by atoms with Gasteiger partial charge in [-0.3, -0.25) is 0 Å². The molecule has 2 saturated carbocycles. The Balaban J connectivity index is 1.81. The van der Waals surface area contributed by atoms with Crippen LogP contribution in [0.4, 0.5) is 0 Å². The maximum atomic E-state index is 12.2. The Bertz CT molecular complexity index is 520. The van der Waals surface area contributed by atoms with Gasteiger partial charge in [0, 0.05) is 12.2 Å². The number of carbonyl (C=O) groups excluding carboxylic acids is 2. The third-order valence-electron chi connectivity index (χ3n) is 5.25. The van der Waals surface area contributed by atoms with E-state index < -0.39 is 0 Å². The van der Waals surface area contributed by atoms with Crippen LogP contribution in [-0.4, -0.2) is 24.1 Å². The summed E-state index contributed by atoms with van der Waals surface area (Å²) in [7, 11) is 0. The smallest absolute Gasteiger partial charge is 0.330 e. The molecule has 0 aromatic heterocycles. The molecule has 4 heteroatoms. The second-order valence-corrected chi connectivity index (χ2v) is 8.52. The Hall–Kier alpha value is -1.58. The van der Waals surface area contributed by atoms with Gasteiger partial charge in [0.15, 0.2) is 0 Å². The summed E-state index contributed by atoms with van der Waals surface area (Å²) < 4.78 is 11.0. The van der Waals surface area contributed by atoms with E-state index in [4.69, 9.17) is 9.47 Å². The standard InChI is InChI=1S/C21H32O4/c1-5-19(22)24-17-8-6-7-16(12-17)9-10-20(23)25-18-11-15(2)13-21(3,4)14-18/h5,9-10,15-18H,1,6-8,11-14H2,2-4H3/b10-9+. The van der Waals surface area contributed by atoms with E-state index in [0.717, 1.165) is 38.5 Å². The van der Waals surface area contributed by atoms with Gasteiger partial charge in [-0.15, -0.1) is 0 Å². The number of carbonyl (C=O) groups is 2. The largest absolute Gasteiger partial charge is 0.459 e. The molecule has 0 radical (unpaired) electrons. The first-order chi connectivity index (χ1) is 11.8. The maximum absolute atomic E-state index is 12.2. The molecule has 4 atom stereocenters. The van der Waals surface area contributed by atoms with Crippen molar-refractivity contribution in [1.82, 2.24) is 0 Å². The summed E-state index contributed by atoms with van der Waals surface area (Å²) in [4.78, 5) is 23.5. The van der Waals surface area contributed by atoms with Gasteiger partial charge in [0.05, 0.1) is 0 Å². The molecule has 0 bridgehead atoms. The van der Waals surface area contributed by atoms with Crippen molar-refractivity contribution in [2.24, 2.45) is 17.3 Å². The summed E-state index contributed by atoms with van der Waals surface area (Å²) in [6.07, 6.45) is 11.3. The second-order valence-electron chi connectivity index (χ2n) is 8.52. The summed E-state index contributed by atoms with van der Waals surface area (Å²) in [6.45, 7) is 10.1. The number of hydrogen-bond acceptors (Lipinski definition) is 4. The predicted octanol–water partition coefficient (Wildman–Crippen LogP) is 4.59. The Morgan fingerprint density at radius 1 is 1.04 bits per heavy atom. The van der Waals surface area contributed by atoms with Gasteiger partial charge in [0.25, 0.3) is 0 Å². The van der Waals surface area contributed by atoms with E-state index in [-0.39, 0.29) is 35.5 Å². The number of esters is 2. The van der Waals surface area contributed by atoms with Gasteiger partial charge in [-0.05, 0) is 62.2 Å². The van der Waals surface area contributed by atoms with Crippen LogP contribution in [0.25, 0.3) is 0 Å². The molecule has 0 saturated heterocycles. The summed E-state index contributed by atoms with van der Waals surface area (Å²) in [6, 6.07) is 0. The summed E-state index contributed by atoms with van der Waals surface area (Å²) >= 11 is 0. The van der Waals surface area contributed by atoms with Crippen LogP contribution in [0.1, 0.15) is 65.7 Å². The van der Waals surface area contributed by atoms with Crippen molar-refractivity contribution in [2.75, 3.05) is 0 Å². The molecule has 4 nitrogen and oxygen atoms in total. The highest BCUT2D eigenvalue weighted by Gasteiger charge is 2.33. The highest BCUT2D eigenvalue weighted by Crippen LogP contribution is 2.39. The van der Waals surface area contributed by atoms with Gasteiger partial charge < -0.3 is 9.47 Å². The average molecular weight is 348 g/mol. The Morgan fingerprint density at radius 2 is 1.76 bits per heavy atom. The molecule has 2 fully saturated rings. The fourth-order valence-corrected chi connectivity index (χ4v) is 4.44. The lowest BCUT2D eigenvalue weighted by atomic mass is 9.71. The van der Waals surface area contributed by atoms with E-state index in [1.54, 1.807) is 6.08 Å². The monoisotopic (exact) mass is 348 g/mol. The van der Waals surface area contributed by atoms with Crippen LogP contribution in [0, 0.1) is 17.3 Å². The van der Waals surface area contributed by atoms with Crippen LogP contribution in [0.3, 0.4) is 0 Å². The molecule has 0 amide bonds. The quantitative estimate of drug-likeness (QED) is 0.539. The summed E-state index contributed by atoms with van der Waals surface area (Å²) in [5.74, 6) is 0.220. The molecule has 2 aliphatic rings. The van der Waals surface area contributed by atoms with Crippen molar-refractivity contribution in [3.05, 3.63) is 24.8 Å². The predicted molar refractivity (Wildman–Crippen MR) is 97.9 cm³/mol. The number of rotatable bonds is 5. The third kappa shape index (κ3) is 6.68. The zero-order chi connectivity index (χ0) is 18.4. The van der Waals surface area contributed by atoms with Crippen molar-refractivity contribution in [3.63, 3.8) is 0 Å². The summed E-state index contributed by atoms with van der Waals surface area (Å²) in [5, 5.41) is 0. The van der Waals surface area contributed by atoms with Crippen molar-refractivity contribution >= 4 is 11.9 Å². The van der Waals surface area contributed by atoms with Crippen LogP contribution in [0.15, 0.2) is 24.8 Å². The fourth-order valence-electron chi connectivity index (χ4n) is 4.44. The van der Waals surface area contributed by atoms with Crippen molar-refractivity contribution < 1.29 is 19.1 Å². The van der Waals surface area contributed by atoms with Crippen LogP contribution in [0.5, 0.6) is 0 Å². The lowest BCUT2D eigenvalue weighted by Gasteiger charge is -2.38. The van der Waals surface area contributed by atoms with Crippen molar-refractivity contribution in [2.45, 2.75) is 77.9 Å². The molecule has 0 aromatic carbocycles. The molecular formula is C21H32O4. The SMILES string of the molecule is C=CC(=O)OC1CCCC(/C=C/C(=O)OC2CC(C)CC(C)(C)C2)C1. The maximum Gasteiger partial charge on any atom is 0.330 e. The molecule has 2 rings (SSSR count). The lowest BCUT2D eigenvalue weighted by Crippen LogP contribution is -2.33. The lowest BCUT2D eigenvalue weighted by molar-refractivity contribution is -0.148. The van der Waals surface area contributed by atoms with Crippen LogP contribution < -0.4 is 0 Å². The molecule has 140 valence electrons. The topological polar surface area (TPSA) is 52.6 Å². The first-order valence-corrected chi connectivity index (χ1v) is 9.49. The molecule has 0 heterocycles. The molecule has 0 N–H and O–H groups in total. The zero-order valence-corrected chi connectivity index (χ0v) is 15.8. The molecule has 2 aliphatic carbocycles. The number of allylic oxidation sites excluding steroid dienone is 1. The average Bonchev–Trinajstić information content (AvgIpc) is 2.51. The van der Waals surface area contributed by atoms with Gasteiger partial charge in [0.2, 0.25) is 0 Å². The van der Waals surface area contributed by atoms with Gasteiger partial charge in [-0.2, -0.15) is 0 Å². The van der Waals surface area contributed by atoms with Crippen LogP contribution in [-0.2, 0) is 19.1 Å². The highest BCUT2D eigenvalue weighted by molar-refractivity contribution is 5.82. The molecular weight excluding hydrogens is 316 g/mol. The Labute approximate surface area is 151 Å². The van der Waals surface area contributed by atoms with Gasteiger partial charge in [-0.1, -0.05) is 33.4 Å². The van der Waals surface area contributed by atoms with E-state index in [1.807, 2.05) is 6.08 Å². The van der Waals surface area contributed by atoms with Crippen LogP contribution in [0.2, 0.25) is 0 Å². The van der Waals surface area contributed by atoms with E-state index in [9.17, 15) is 9.59 Å². The minimum Gasteiger partial charge on any atom is -0.459 e. The van der Waals surface area contributed by atoms with E-state index >= 15 is 0 Å². The molecule has 4 unspecified atom stereocenters. The Kier molecular flexibility index (Phi) is 6.86. The van der Waals surface area contributed by atoms with Crippen molar-refractivity contribution in [3.8, 4) is 0 Å². The minimum absolute atomic E-state index is 0.0172. The zero-order valence-electron chi connectivity index (χ0n) is 15.8. The molecule has 0 aliphatic heterocycles. The number of ether oxygens (including phenoxy) is 2. The minimum atomic E-state index is -0.372. The van der Waals surface area contributed by atoms with Crippen molar-refractivity contribution in [1.29, 1.82) is 0 Å². The van der Waals surface area contributed by atoms with Gasteiger partial charge >= 0.3 is 11.9 Å². The first kappa shape index (κ1) is 19.7. The summed E-state index contributed by atoms with van der Waals surface area (Å²) in [5.41, 5.74) is 0.234. The number of hydrogen-bond donors (Lipinski definition) is 0. The van der Waals surface area contributed by atoms with E-state index in [1.165, 1.54) is 12.5 Å². The normalized spacial score (nSPS) is 32.1. The fraction of sp³-hybridized carbons (Fsp3) is 0.714. The van der Waals surface area contributed by atoms with Crippen LogP contribution >= 0.6 is 0 Å². The second kappa shape index (κ2) is 8.68. The molecule has 0 aromatic rings. The van der Waals surface area contributed by atoms with Gasteiger partial charge in [0.1, 0.15) is 12.2 Å². The van der Waals surface area contributed by atoms with Gasteiger partial charge in [-0.25, -0.2) is 9.59 Å². The highest BCUT2D eigenvalue weighted by atomic mass is 16.5.